The Labute approximate surface area is 167 Å². The zero-order valence-electron chi connectivity index (χ0n) is 15.7. The highest BCUT2D eigenvalue weighted by Crippen LogP contribution is 2.27. The fourth-order valence-electron chi connectivity index (χ4n) is 2.77. The van der Waals surface area contributed by atoms with Crippen LogP contribution in [0.25, 0.3) is 11.3 Å². The molecule has 2 N–H and O–H groups in total. The first kappa shape index (κ1) is 18.2. The summed E-state index contributed by atoms with van der Waals surface area (Å²) >= 11 is 0. The summed E-state index contributed by atoms with van der Waals surface area (Å²) in [6, 6.07) is 16.5. The average molecular weight is 382 g/mol. The van der Waals surface area contributed by atoms with Gasteiger partial charge in [0.05, 0.1) is 17.1 Å². The van der Waals surface area contributed by atoms with Crippen molar-refractivity contribution in [2.45, 2.75) is 6.92 Å². The van der Waals surface area contributed by atoms with Gasteiger partial charge in [0.2, 0.25) is 5.95 Å². The van der Waals surface area contributed by atoms with Gasteiger partial charge in [-0.05, 0) is 55.0 Å². The van der Waals surface area contributed by atoms with Crippen LogP contribution in [0.15, 0.2) is 79.4 Å². The Balaban J connectivity index is 1.61. The summed E-state index contributed by atoms with van der Waals surface area (Å²) in [6.45, 7) is 1.97. The van der Waals surface area contributed by atoms with Gasteiger partial charge in [-0.1, -0.05) is 12.1 Å². The van der Waals surface area contributed by atoms with Crippen LogP contribution in [0.2, 0.25) is 0 Å². The van der Waals surface area contributed by atoms with E-state index in [0.29, 0.717) is 23.0 Å². The molecule has 4 aromatic rings. The van der Waals surface area contributed by atoms with Crippen molar-refractivity contribution in [2.75, 3.05) is 10.6 Å². The van der Waals surface area contributed by atoms with Gasteiger partial charge in [-0.3, -0.25) is 14.8 Å². The van der Waals surface area contributed by atoms with E-state index in [0.717, 1.165) is 16.8 Å². The molecule has 1 amide bonds. The van der Waals surface area contributed by atoms with E-state index in [1.165, 1.54) is 0 Å². The highest BCUT2D eigenvalue weighted by molar-refractivity contribution is 6.04. The van der Waals surface area contributed by atoms with Crippen LogP contribution in [0.1, 0.15) is 16.1 Å². The molecule has 0 aliphatic heterocycles. The number of hydrogen-bond acceptors (Lipinski definition) is 6. The van der Waals surface area contributed by atoms with Gasteiger partial charge in [-0.15, -0.1) is 0 Å². The molecule has 0 spiro atoms. The number of anilines is 3. The summed E-state index contributed by atoms with van der Waals surface area (Å²) in [4.78, 5) is 29.6. The topological polar surface area (TPSA) is 92.7 Å². The molecule has 3 aromatic heterocycles. The number of hydrogen-bond donors (Lipinski definition) is 2. The molecule has 0 atom stereocenters. The summed E-state index contributed by atoms with van der Waals surface area (Å²) in [5, 5.41) is 6.09. The van der Waals surface area contributed by atoms with Crippen LogP contribution < -0.4 is 10.6 Å². The van der Waals surface area contributed by atoms with Crippen molar-refractivity contribution in [3.8, 4) is 11.3 Å². The lowest BCUT2D eigenvalue weighted by Gasteiger charge is -2.13. The van der Waals surface area contributed by atoms with Crippen LogP contribution in [0, 0.1) is 6.92 Å². The standard InChI is InChI=1S/C22H18N6O/c1-15-7-8-18(26-21(29)19-6-2-3-11-24-19)20(13-15)28-22-25-12-9-17(27-22)16-5-4-10-23-14-16/h2-14H,1H3,(H,26,29)(H,25,27,28). The molecule has 0 fully saturated rings. The third-order valence-corrected chi connectivity index (χ3v) is 4.18. The predicted octanol–water partition coefficient (Wildman–Crippen LogP) is 4.24. The Morgan fingerprint density at radius 1 is 0.897 bits per heavy atom. The fourth-order valence-corrected chi connectivity index (χ4v) is 2.77. The molecule has 4 rings (SSSR count). The second kappa shape index (κ2) is 8.26. The van der Waals surface area contributed by atoms with E-state index < -0.39 is 0 Å². The Hall–Kier alpha value is -4.13. The zero-order valence-corrected chi connectivity index (χ0v) is 15.7. The molecule has 0 saturated heterocycles. The Morgan fingerprint density at radius 3 is 2.62 bits per heavy atom. The molecular formula is C22H18N6O. The molecule has 0 unspecified atom stereocenters. The van der Waals surface area contributed by atoms with E-state index >= 15 is 0 Å². The normalized spacial score (nSPS) is 10.4. The first-order chi connectivity index (χ1) is 14.2. The Morgan fingerprint density at radius 2 is 1.83 bits per heavy atom. The van der Waals surface area contributed by atoms with Gasteiger partial charge >= 0.3 is 0 Å². The molecule has 7 heteroatoms. The monoisotopic (exact) mass is 382 g/mol. The second-order valence-corrected chi connectivity index (χ2v) is 6.35. The van der Waals surface area contributed by atoms with E-state index in [1.807, 2.05) is 43.3 Å². The quantitative estimate of drug-likeness (QED) is 0.536. The number of aromatic nitrogens is 4. The molecule has 7 nitrogen and oxygen atoms in total. The molecule has 1 aromatic carbocycles. The summed E-state index contributed by atoms with van der Waals surface area (Å²) in [7, 11) is 0. The van der Waals surface area contributed by atoms with Crippen LogP contribution in [0.5, 0.6) is 0 Å². The predicted molar refractivity (Wildman–Crippen MR) is 112 cm³/mol. The van der Waals surface area contributed by atoms with Gasteiger partial charge in [0.25, 0.3) is 5.91 Å². The van der Waals surface area contributed by atoms with Gasteiger partial charge in [0, 0.05) is 30.4 Å². The maximum Gasteiger partial charge on any atom is 0.274 e. The summed E-state index contributed by atoms with van der Waals surface area (Å²) in [5.41, 5.74) is 4.33. The number of carbonyl (C=O) groups is 1. The lowest BCUT2D eigenvalue weighted by Crippen LogP contribution is -2.14. The SMILES string of the molecule is Cc1ccc(NC(=O)c2ccccn2)c(Nc2nccc(-c3cccnc3)n2)c1. The number of carbonyl (C=O) groups excluding carboxylic acids is 1. The molecule has 0 aliphatic carbocycles. The molecule has 0 radical (unpaired) electrons. The zero-order chi connectivity index (χ0) is 20.1. The van der Waals surface area contributed by atoms with E-state index in [2.05, 4.69) is 30.6 Å². The van der Waals surface area contributed by atoms with Crippen LogP contribution in [0.4, 0.5) is 17.3 Å². The third-order valence-electron chi connectivity index (χ3n) is 4.18. The van der Waals surface area contributed by atoms with Crippen molar-refractivity contribution in [1.29, 1.82) is 0 Å². The summed E-state index contributed by atoms with van der Waals surface area (Å²) in [6.07, 6.45) is 6.73. The third kappa shape index (κ3) is 4.41. The van der Waals surface area contributed by atoms with Crippen molar-refractivity contribution in [3.63, 3.8) is 0 Å². The highest BCUT2D eigenvalue weighted by atomic mass is 16.1. The van der Waals surface area contributed by atoms with E-state index in [9.17, 15) is 4.79 Å². The number of nitrogens with one attached hydrogen (secondary N) is 2. The van der Waals surface area contributed by atoms with Gasteiger partial charge in [0.15, 0.2) is 0 Å². The van der Waals surface area contributed by atoms with Gasteiger partial charge < -0.3 is 10.6 Å². The van der Waals surface area contributed by atoms with Gasteiger partial charge in [-0.25, -0.2) is 9.97 Å². The fraction of sp³-hybridized carbons (Fsp3) is 0.0455. The number of pyridine rings is 2. The summed E-state index contributed by atoms with van der Waals surface area (Å²) in [5.74, 6) is 0.132. The average Bonchev–Trinajstić information content (AvgIpc) is 2.77. The maximum absolute atomic E-state index is 12.5. The van der Waals surface area contributed by atoms with Crippen molar-refractivity contribution in [3.05, 3.63) is 90.6 Å². The maximum atomic E-state index is 12.5. The molecular weight excluding hydrogens is 364 g/mol. The van der Waals surface area contributed by atoms with Crippen molar-refractivity contribution < 1.29 is 4.79 Å². The van der Waals surface area contributed by atoms with Crippen molar-refractivity contribution >= 4 is 23.2 Å². The number of aryl methyl sites for hydroxylation is 1. The minimum atomic E-state index is -0.289. The molecule has 0 saturated carbocycles. The molecule has 0 bridgehead atoms. The van der Waals surface area contributed by atoms with E-state index in [1.54, 1.807) is 43.0 Å². The highest BCUT2D eigenvalue weighted by Gasteiger charge is 2.12. The van der Waals surface area contributed by atoms with Gasteiger partial charge in [0.1, 0.15) is 5.69 Å². The lowest BCUT2D eigenvalue weighted by molar-refractivity contribution is 0.102. The minimum Gasteiger partial charge on any atom is -0.322 e. The molecule has 142 valence electrons. The number of rotatable bonds is 5. The molecule has 0 aliphatic rings. The Kier molecular flexibility index (Phi) is 5.20. The van der Waals surface area contributed by atoms with E-state index in [-0.39, 0.29) is 5.91 Å². The minimum absolute atomic E-state index is 0.289. The van der Waals surface area contributed by atoms with Crippen LogP contribution in [0.3, 0.4) is 0 Å². The largest absolute Gasteiger partial charge is 0.322 e. The first-order valence-corrected chi connectivity index (χ1v) is 9.02. The van der Waals surface area contributed by atoms with Crippen LogP contribution in [-0.2, 0) is 0 Å². The van der Waals surface area contributed by atoms with E-state index in [4.69, 9.17) is 0 Å². The smallest absolute Gasteiger partial charge is 0.274 e. The number of amides is 1. The number of nitrogens with zero attached hydrogens (tertiary/aromatic N) is 4. The van der Waals surface area contributed by atoms with Crippen LogP contribution in [-0.4, -0.2) is 25.8 Å². The Bertz CT molecular complexity index is 1130. The summed E-state index contributed by atoms with van der Waals surface area (Å²) < 4.78 is 0. The first-order valence-electron chi connectivity index (χ1n) is 9.02. The van der Waals surface area contributed by atoms with Crippen LogP contribution >= 0.6 is 0 Å². The van der Waals surface area contributed by atoms with Crippen molar-refractivity contribution in [2.24, 2.45) is 0 Å². The molecule has 29 heavy (non-hydrogen) atoms. The van der Waals surface area contributed by atoms with Crippen molar-refractivity contribution in [1.82, 2.24) is 19.9 Å². The number of benzene rings is 1. The molecule has 3 heterocycles. The van der Waals surface area contributed by atoms with Gasteiger partial charge in [-0.2, -0.15) is 0 Å². The second-order valence-electron chi connectivity index (χ2n) is 6.35. The lowest BCUT2D eigenvalue weighted by atomic mass is 10.2.